The third-order valence-corrected chi connectivity index (χ3v) is 4.61. The fourth-order valence-corrected chi connectivity index (χ4v) is 3.13. The number of piperidine rings is 1. The lowest BCUT2D eigenvalue weighted by atomic mass is 10.0. The first-order chi connectivity index (χ1) is 13.1. The molecular weight excluding hydrogens is 350 g/mol. The van der Waals surface area contributed by atoms with Gasteiger partial charge in [0.25, 0.3) is 5.91 Å². The van der Waals surface area contributed by atoms with Crippen molar-refractivity contribution in [1.82, 2.24) is 14.7 Å². The van der Waals surface area contributed by atoms with Crippen molar-refractivity contribution >= 4 is 11.9 Å². The second-order valence-electron chi connectivity index (χ2n) is 6.41. The van der Waals surface area contributed by atoms with Crippen molar-refractivity contribution in [3.05, 3.63) is 47.8 Å². The molecule has 1 aromatic carbocycles. The molecule has 1 N–H and O–H groups in total. The Bertz CT molecular complexity index is 796. The molecule has 2 heterocycles. The highest BCUT2D eigenvalue weighted by molar-refractivity contribution is 5.94. The van der Waals surface area contributed by atoms with E-state index >= 15 is 0 Å². The summed E-state index contributed by atoms with van der Waals surface area (Å²) in [4.78, 5) is 25.6. The summed E-state index contributed by atoms with van der Waals surface area (Å²) in [6.07, 6.45) is 4.37. The lowest BCUT2D eigenvalue weighted by molar-refractivity contribution is 0.0687. The average Bonchev–Trinajstić information content (AvgIpc) is 3.19. The number of likely N-dealkylation sites (tertiary alicyclic amines) is 1. The number of aromatic nitrogens is 2. The molecule has 0 bridgehead atoms. The normalized spacial score (nSPS) is 14.9. The van der Waals surface area contributed by atoms with Gasteiger partial charge in [-0.3, -0.25) is 9.48 Å². The first-order valence-electron chi connectivity index (χ1n) is 8.87. The molecule has 27 heavy (non-hydrogen) atoms. The van der Waals surface area contributed by atoms with Gasteiger partial charge in [-0.1, -0.05) is 6.07 Å². The zero-order chi connectivity index (χ0) is 19.2. The lowest BCUT2D eigenvalue weighted by Crippen LogP contribution is -2.39. The van der Waals surface area contributed by atoms with E-state index in [9.17, 15) is 9.59 Å². The molecule has 3 rings (SSSR count). The monoisotopic (exact) mass is 373 g/mol. The van der Waals surface area contributed by atoms with Crippen LogP contribution in [-0.2, 0) is 4.74 Å². The number of hydrogen-bond donors (Lipinski definition) is 1. The van der Waals surface area contributed by atoms with Crippen LogP contribution < -0.4 is 4.74 Å². The summed E-state index contributed by atoms with van der Waals surface area (Å²) < 4.78 is 12.2. The van der Waals surface area contributed by atoms with Gasteiger partial charge in [-0.05, 0) is 31.0 Å². The highest BCUT2D eigenvalue weighted by Crippen LogP contribution is 2.24. The van der Waals surface area contributed by atoms with Gasteiger partial charge >= 0.3 is 5.97 Å². The van der Waals surface area contributed by atoms with Gasteiger partial charge in [-0.25, -0.2) is 4.79 Å². The first-order valence-corrected chi connectivity index (χ1v) is 8.87. The molecule has 0 unspecified atom stereocenters. The third kappa shape index (κ3) is 4.65. The van der Waals surface area contributed by atoms with Crippen LogP contribution in [0.2, 0.25) is 0 Å². The Hall–Kier alpha value is -2.87. The fraction of sp³-hybridized carbons (Fsp3) is 0.421. The number of carbonyl (C=O) groups is 2. The third-order valence-electron chi connectivity index (χ3n) is 4.61. The van der Waals surface area contributed by atoms with Gasteiger partial charge in [0, 0.05) is 32.0 Å². The molecule has 1 fully saturated rings. The Labute approximate surface area is 157 Å². The fourth-order valence-electron chi connectivity index (χ4n) is 3.13. The second kappa shape index (κ2) is 8.68. The van der Waals surface area contributed by atoms with Gasteiger partial charge in [-0.2, -0.15) is 5.10 Å². The summed E-state index contributed by atoms with van der Waals surface area (Å²) >= 11 is 0. The van der Waals surface area contributed by atoms with Crippen molar-refractivity contribution in [3.63, 3.8) is 0 Å². The Morgan fingerprint density at radius 2 is 2.00 bits per heavy atom. The molecule has 0 spiro atoms. The number of rotatable bonds is 7. The van der Waals surface area contributed by atoms with Crippen molar-refractivity contribution in [3.8, 4) is 5.75 Å². The maximum absolute atomic E-state index is 12.8. The quantitative estimate of drug-likeness (QED) is 0.747. The van der Waals surface area contributed by atoms with Crippen LogP contribution in [0.5, 0.6) is 5.75 Å². The zero-order valence-corrected chi connectivity index (χ0v) is 15.2. The van der Waals surface area contributed by atoms with Gasteiger partial charge in [0.2, 0.25) is 0 Å². The minimum absolute atomic E-state index is 0.0302. The van der Waals surface area contributed by atoms with E-state index in [0.717, 1.165) is 12.8 Å². The van der Waals surface area contributed by atoms with E-state index in [2.05, 4.69) is 5.10 Å². The summed E-state index contributed by atoms with van der Waals surface area (Å²) in [5.74, 6) is -0.371. The van der Waals surface area contributed by atoms with Gasteiger partial charge in [0.15, 0.2) is 0 Å². The number of methoxy groups -OCH3 is 1. The van der Waals surface area contributed by atoms with Gasteiger partial charge < -0.3 is 19.5 Å². The number of ether oxygens (including phenoxy) is 2. The lowest BCUT2D eigenvalue weighted by Gasteiger charge is -2.32. The summed E-state index contributed by atoms with van der Waals surface area (Å²) in [7, 11) is 1.61. The number of carboxylic acids is 1. The predicted octanol–water partition coefficient (Wildman–Crippen LogP) is 2.08. The van der Waals surface area contributed by atoms with E-state index in [-0.39, 0.29) is 17.5 Å². The van der Waals surface area contributed by atoms with Crippen LogP contribution in [0.1, 0.15) is 39.6 Å². The largest absolute Gasteiger partial charge is 0.491 e. The number of aromatic carboxylic acids is 1. The smallest absolute Gasteiger partial charge is 0.338 e. The van der Waals surface area contributed by atoms with E-state index < -0.39 is 5.97 Å². The van der Waals surface area contributed by atoms with Gasteiger partial charge in [0.05, 0.1) is 24.4 Å². The maximum atomic E-state index is 12.8. The number of carboxylic acid groups (broad SMARTS) is 1. The van der Waals surface area contributed by atoms with Crippen molar-refractivity contribution < 1.29 is 24.2 Å². The van der Waals surface area contributed by atoms with E-state index in [1.165, 1.54) is 6.20 Å². The topological polar surface area (TPSA) is 93.9 Å². The highest BCUT2D eigenvalue weighted by atomic mass is 16.5. The number of hydrogen-bond acceptors (Lipinski definition) is 5. The molecule has 0 radical (unpaired) electrons. The molecule has 0 aliphatic carbocycles. The molecule has 2 aromatic rings. The number of carbonyl (C=O) groups excluding carboxylic acids is 1. The molecule has 1 saturated heterocycles. The first kappa shape index (κ1) is 18.9. The van der Waals surface area contributed by atoms with Crippen molar-refractivity contribution in [2.24, 2.45) is 0 Å². The molecule has 1 aliphatic rings. The molecule has 1 aromatic heterocycles. The number of benzene rings is 1. The minimum Gasteiger partial charge on any atom is -0.491 e. The van der Waals surface area contributed by atoms with Gasteiger partial charge in [0.1, 0.15) is 12.4 Å². The van der Waals surface area contributed by atoms with Crippen LogP contribution in [0, 0.1) is 0 Å². The Morgan fingerprint density at radius 1 is 1.22 bits per heavy atom. The van der Waals surface area contributed by atoms with E-state index in [1.807, 2.05) is 11.0 Å². The Balaban J connectivity index is 1.58. The van der Waals surface area contributed by atoms with Crippen molar-refractivity contribution in [2.45, 2.75) is 18.9 Å². The molecule has 1 amide bonds. The summed E-state index contributed by atoms with van der Waals surface area (Å²) in [5.41, 5.74) is 0.773. The summed E-state index contributed by atoms with van der Waals surface area (Å²) in [5, 5.41) is 13.1. The zero-order valence-electron chi connectivity index (χ0n) is 15.2. The van der Waals surface area contributed by atoms with E-state index in [1.54, 1.807) is 36.2 Å². The van der Waals surface area contributed by atoms with Crippen LogP contribution in [0.3, 0.4) is 0 Å². The molecular formula is C19H23N3O5. The minimum atomic E-state index is -0.985. The van der Waals surface area contributed by atoms with Crippen LogP contribution in [0.4, 0.5) is 0 Å². The summed E-state index contributed by atoms with van der Waals surface area (Å²) in [6.45, 7) is 2.12. The number of amides is 1. The molecule has 0 saturated carbocycles. The van der Waals surface area contributed by atoms with E-state index in [0.29, 0.717) is 37.6 Å². The molecule has 144 valence electrons. The van der Waals surface area contributed by atoms with E-state index in [4.69, 9.17) is 14.6 Å². The average molecular weight is 373 g/mol. The van der Waals surface area contributed by atoms with Crippen LogP contribution in [-0.4, -0.2) is 65.1 Å². The predicted molar refractivity (Wildman–Crippen MR) is 97.2 cm³/mol. The SMILES string of the molecule is COCCOc1cccc(C(=O)N2CCC(n3cc(C(=O)O)cn3)CC2)c1. The number of nitrogens with zero attached hydrogens (tertiary/aromatic N) is 3. The van der Waals surface area contributed by atoms with Gasteiger partial charge in [-0.15, -0.1) is 0 Å². The van der Waals surface area contributed by atoms with Crippen LogP contribution >= 0.6 is 0 Å². The van der Waals surface area contributed by atoms with Crippen molar-refractivity contribution in [1.29, 1.82) is 0 Å². The Morgan fingerprint density at radius 3 is 2.67 bits per heavy atom. The molecule has 8 heteroatoms. The van der Waals surface area contributed by atoms with Crippen molar-refractivity contribution in [2.75, 3.05) is 33.4 Å². The molecule has 0 atom stereocenters. The maximum Gasteiger partial charge on any atom is 0.338 e. The highest BCUT2D eigenvalue weighted by Gasteiger charge is 2.25. The van der Waals surface area contributed by atoms with Crippen LogP contribution in [0.15, 0.2) is 36.7 Å². The standard InChI is InChI=1S/C19H23N3O5/c1-26-9-10-27-17-4-2-3-14(11-17)18(23)21-7-5-16(6-8-21)22-13-15(12-20-22)19(24)25/h2-4,11-13,16H,5-10H2,1H3,(H,24,25). The molecule has 8 nitrogen and oxygen atoms in total. The molecule has 1 aliphatic heterocycles. The summed E-state index contributed by atoms with van der Waals surface area (Å²) in [6, 6.07) is 7.25. The van der Waals surface area contributed by atoms with Crippen LogP contribution in [0.25, 0.3) is 0 Å². The Kier molecular flexibility index (Phi) is 6.08. The second-order valence-corrected chi connectivity index (χ2v) is 6.41.